The smallest absolute Gasteiger partial charge is 0.275 e. The van der Waals surface area contributed by atoms with Gasteiger partial charge >= 0.3 is 0 Å². The molecule has 0 atom stereocenters. The minimum atomic E-state index is -0.606. The van der Waals surface area contributed by atoms with Crippen molar-refractivity contribution in [3.05, 3.63) is 343 Å². The topological polar surface area (TPSA) is 497 Å². The Balaban J connectivity index is 0.000000605. The monoisotopic (exact) mass is 1520 g/mol. The molecule has 26 nitrogen and oxygen atoms in total. The highest BCUT2D eigenvalue weighted by atomic mass is 16.6. The second-order valence-electron chi connectivity index (χ2n) is 22.6. The van der Waals surface area contributed by atoms with Crippen LogP contribution in [0.5, 0.6) is 51.7 Å². The van der Waals surface area contributed by atoms with E-state index < -0.39 is 11.5 Å². The van der Waals surface area contributed by atoms with Gasteiger partial charge in [-0.15, -0.1) is 0 Å². The van der Waals surface area contributed by atoms with Crippen molar-refractivity contribution in [2.75, 3.05) is 26.9 Å². The third kappa shape index (κ3) is 42.1. The van der Waals surface area contributed by atoms with E-state index in [1.165, 1.54) is 25.3 Å². The van der Waals surface area contributed by atoms with Crippen LogP contribution in [0.3, 0.4) is 0 Å². The van der Waals surface area contributed by atoms with Gasteiger partial charge in [-0.05, 0) is 171 Å². The minimum Gasteiger partial charge on any atom is -0.508 e. The van der Waals surface area contributed by atoms with Crippen molar-refractivity contribution in [1.29, 1.82) is 0 Å². The van der Waals surface area contributed by atoms with E-state index >= 15 is 0 Å². The maximum Gasteiger partial charge on any atom is 0.275 e. The summed E-state index contributed by atoms with van der Waals surface area (Å²) in [5.41, 5.74) is 10.5. The van der Waals surface area contributed by atoms with Gasteiger partial charge in [0.25, 0.3) is 5.69 Å². The van der Waals surface area contributed by atoms with Gasteiger partial charge in [0.15, 0.2) is 11.5 Å². The average molecular weight is 1520 g/mol. The summed E-state index contributed by atoms with van der Waals surface area (Å²) in [5.74, 6) is 1.74. The highest BCUT2D eigenvalue weighted by Gasteiger charge is 2.12. The Kier molecular flexibility index (Phi) is 52.2. The SMILES string of the molecule is COc1ccc(CO)cc1O.O=[N+]([O-])c1ccc(O)cc1CO.OCCc1ccc(O)cc1.OCCc1cccc(O)c1.OCCc1ccccc1O.OCc1ccc(CO)cc1.OCc1ccc(O)cc1.OCc1cccc(CO)c1.OCc1cccc(O)c1.OCc1ccccc1CO.OCc1ccccc1O. The molecule has 0 aliphatic rings. The number of aromatic hydroxyl groups is 8. The van der Waals surface area contributed by atoms with Gasteiger partial charge in [0.1, 0.15) is 40.2 Å². The van der Waals surface area contributed by atoms with Crippen molar-refractivity contribution < 1.29 is 122 Å². The molecule has 0 radical (unpaired) electrons. The average Bonchev–Trinajstić information content (AvgIpc) is 0.857. The standard InChI is InChI=1S/C8H10O3.6C8H10O2.C7H7NO4.3C7H8O2/c1-11-8-3-2-6(5-9)4-7(8)10;9-6-5-7-1-3-8(10)4-2-7;9-5-7-1-2-8(6-10)4-3-7;9-5-7-2-1-3-8(4-7)6-10;9-5-4-7-2-1-3-8(10)6-7;9-5-7-3-1-2-4-8(7)6-10;9-6-5-7-3-1-2-4-8(7)10;9-4-5-3-6(10)1-2-7(5)8(11)12;8-5-6-1-3-7(9)4-2-6;8-5-6-2-1-3-7(9)4-6;8-5-6-3-1-2-4-7(6)9/h2-4,9-10H,5H2,1H3;3*1-4,9-10H,5-6H2;1-3,6,9-10H,4-5H2;2*1-4,9-10H,5-6H2;1-3,9-10H,4H2;3*1-4,8-9H,5H2. The molecule has 0 bridgehead atoms. The number of phenols is 8. The minimum absolute atomic E-state index is 0.00324. The summed E-state index contributed by atoms with van der Waals surface area (Å²) in [7, 11) is 1.48. The Morgan fingerprint density at radius 1 is 0.255 bits per heavy atom. The molecule has 11 aromatic rings. The summed E-state index contributed by atoms with van der Waals surface area (Å²) in [6.45, 7) is -0.0675. The van der Waals surface area contributed by atoms with E-state index in [0.717, 1.165) is 73.3 Å². The van der Waals surface area contributed by atoms with Gasteiger partial charge in [0.05, 0.1) is 90.3 Å². The number of aliphatic hydroxyl groups is 14. The van der Waals surface area contributed by atoms with Gasteiger partial charge in [-0.2, -0.15) is 0 Å². The van der Waals surface area contributed by atoms with Crippen LogP contribution in [0.25, 0.3) is 0 Å². The zero-order valence-electron chi connectivity index (χ0n) is 60.8. The molecule has 11 rings (SSSR count). The van der Waals surface area contributed by atoms with Gasteiger partial charge in [0, 0.05) is 31.5 Å². The van der Waals surface area contributed by atoms with E-state index in [1.807, 2.05) is 42.5 Å². The van der Waals surface area contributed by atoms with Gasteiger partial charge < -0.3 is 117 Å². The molecule has 0 amide bonds. The van der Waals surface area contributed by atoms with Gasteiger partial charge in [-0.1, -0.05) is 164 Å². The first-order valence-electron chi connectivity index (χ1n) is 33.8. The second kappa shape index (κ2) is 59.5. The van der Waals surface area contributed by atoms with Gasteiger partial charge in [0.2, 0.25) is 0 Å². The van der Waals surface area contributed by atoms with E-state index in [1.54, 1.807) is 182 Å². The number of phenolic OH excluding ortho intramolecular Hbond substituents is 7. The van der Waals surface area contributed by atoms with E-state index in [0.29, 0.717) is 36.1 Å². The number of para-hydroxylation sites is 2. The summed E-state index contributed by atoms with van der Waals surface area (Å²) < 4.78 is 4.81. The molecule has 0 aliphatic carbocycles. The summed E-state index contributed by atoms with van der Waals surface area (Å²) in [4.78, 5) is 9.70. The second-order valence-corrected chi connectivity index (χ2v) is 22.6. The van der Waals surface area contributed by atoms with Crippen molar-refractivity contribution in [2.45, 2.75) is 91.9 Å². The number of hydrogen-bond acceptors (Lipinski definition) is 25. The molecule has 22 N–H and O–H groups in total. The first-order valence-corrected chi connectivity index (χ1v) is 33.8. The number of benzene rings is 11. The largest absolute Gasteiger partial charge is 0.508 e. The van der Waals surface area contributed by atoms with Crippen LogP contribution in [0.4, 0.5) is 5.69 Å². The predicted octanol–water partition coefficient (Wildman–Crippen LogP) is 9.13. The molecule has 592 valence electrons. The van der Waals surface area contributed by atoms with Crippen LogP contribution < -0.4 is 4.74 Å². The third-order valence-corrected chi connectivity index (χ3v) is 14.5. The van der Waals surface area contributed by atoms with Gasteiger partial charge in [-0.25, -0.2) is 0 Å². The number of methoxy groups -OCH3 is 1. The normalized spacial score (nSPS) is 9.66. The third-order valence-electron chi connectivity index (χ3n) is 14.5. The van der Waals surface area contributed by atoms with Crippen molar-refractivity contribution in [3.8, 4) is 51.7 Å². The van der Waals surface area contributed by atoms with E-state index in [9.17, 15) is 15.2 Å². The fourth-order valence-corrected chi connectivity index (χ4v) is 8.53. The zero-order valence-corrected chi connectivity index (χ0v) is 60.8. The van der Waals surface area contributed by atoms with E-state index in [2.05, 4.69) is 0 Å². The maximum atomic E-state index is 10.3. The zero-order chi connectivity index (χ0) is 81.9. The Labute approximate surface area is 638 Å². The number of hydrogen-bond donors (Lipinski definition) is 22. The molecule has 26 heteroatoms. The molecule has 0 unspecified atom stereocenters. The lowest BCUT2D eigenvalue weighted by atomic mass is 10.1. The van der Waals surface area contributed by atoms with E-state index in [4.69, 9.17) is 112 Å². The Hall–Kier alpha value is -11.5. The Morgan fingerprint density at radius 3 is 0.927 bits per heavy atom. The van der Waals surface area contributed by atoms with Crippen LogP contribution in [-0.2, 0) is 91.9 Å². The van der Waals surface area contributed by atoms with Crippen molar-refractivity contribution in [3.63, 3.8) is 0 Å². The van der Waals surface area contributed by atoms with Crippen LogP contribution in [0.2, 0.25) is 0 Å². The number of ether oxygens (including phenoxy) is 1. The predicted molar refractivity (Wildman–Crippen MR) is 415 cm³/mol. The quantitative estimate of drug-likeness (QED) is 0.0265. The van der Waals surface area contributed by atoms with Crippen molar-refractivity contribution in [2.24, 2.45) is 0 Å². The Bertz CT molecular complexity index is 4140. The summed E-state index contributed by atoms with van der Waals surface area (Å²) in [5, 5.41) is 203. The van der Waals surface area contributed by atoms with Crippen molar-refractivity contribution >= 4 is 5.69 Å². The summed E-state index contributed by atoms with van der Waals surface area (Å²) in [6.07, 6.45) is 1.78. The molecule has 0 saturated heterocycles. The maximum absolute atomic E-state index is 10.3. The van der Waals surface area contributed by atoms with Crippen molar-refractivity contribution in [1.82, 2.24) is 0 Å². The lowest BCUT2D eigenvalue weighted by molar-refractivity contribution is -0.385. The molecule has 0 saturated carbocycles. The van der Waals surface area contributed by atoms with Crippen LogP contribution in [0, 0.1) is 10.1 Å². The molecule has 0 spiro atoms. The molecule has 110 heavy (non-hydrogen) atoms. The number of rotatable bonds is 19. The first-order chi connectivity index (χ1) is 53.0. The first kappa shape index (κ1) is 96.5. The summed E-state index contributed by atoms with van der Waals surface area (Å²) >= 11 is 0. The van der Waals surface area contributed by atoms with E-state index in [-0.39, 0.29) is 143 Å². The number of aliphatic hydroxyl groups excluding tert-OH is 14. The highest BCUT2D eigenvalue weighted by molar-refractivity contribution is 5.45. The number of nitro benzene ring substituents is 1. The highest BCUT2D eigenvalue weighted by Crippen LogP contribution is 2.27. The fourth-order valence-electron chi connectivity index (χ4n) is 8.53. The lowest BCUT2D eigenvalue weighted by Gasteiger charge is -2.03. The molecule has 0 aliphatic heterocycles. The fraction of sp³-hybridized carbons (Fsp3) is 0.214. The molecule has 0 fully saturated rings. The number of nitrogens with zero attached hydrogens (tertiary/aromatic N) is 1. The van der Waals surface area contributed by atoms with Crippen LogP contribution in [0.1, 0.15) is 77.9 Å². The molecule has 0 aromatic heterocycles. The van der Waals surface area contributed by atoms with Crippen LogP contribution in [0.15, 0.2) is 255 Å². The summed E-state index contributed by atoms with van der Waals surface area (Å²) in [6, 6.07) is 70.4. The molecule has 11 aromatic carbocycles. The van der Waals surface area contributed by atoms with Crippen LogP contribution in [-0.4, -0.2) is 144 Å². The number of nitro groups is 1. The van der Waals surface area contributed by atoms with Gasteiger partial charge in [-0.3, -0.25) is 10.1 Å². The molecular formula is C84H101NO25. The lowest BCUT2D eigenvalue weighted by Crippen LogP contribution is -1.94. The van der Waals surface area contributed by atoms with Crippen LogP contribution >= 0.6 is 0 Å². The molecule has 0 heterocycles. The Morgan fingerprint density at radius 2 is 0.573 bits per heavy atom. The molecular weight excluding hydrogens is 1420 g/mol.